The van der Waals surface area contributed by atoms with Gasteiger partial charge in [-0.25, -0.2) is 4.79 Å². The SMILES string of the molecule is COCC(C(C)C)n1cc(C(=O)O)ccc1=O. The highest BCUT2D eigenvalue weighted by Gasteiger charge is 2.17. The minimum Gasteiger partial charge on any atom is -0.478 e. The molecule has 0 fully saturated rings. The van der Waals surface area contributed by atoms with E-state index in [0.29, 0.717) is 6.61 Å². The van der Waals surface area contributed by atoms with Crippen molar-refractivity contribution >= 4 is 5.97 Å². The van der Waals surface area contributed by atoms with Crippen molar-refractivity contribution in [2.24, 2.45) is 5.92 Å². The van der Waals surface area contributed by atoms with Crippen molar-refractivity contribution in [1.82, 2.24) is 4.57 Å². The van der Waals surface area contributed by atoms with Gasteiger partial charge in [-0.3, -0.25) is 4.79 Å². The second-order valence-corrected chi connectivity index (χ2v) is 4.24. The molecule has 5 heteroatoms. The minimum atomic E-state index is -1.04. The van der Waals surface area contributed by atoms with Gasteiger partial charge in [-0.05, 0) is 12.0 Å². The summed E-state index contributed by atoms with van der Waals surface area (Å²) >= 11 is 0. The molecular formula is C12H17NO4. The van der Waals surface area contributed by atoms with Crippen LogP contribution >= 0.6 is 0 Å². The average molecular weight is 239 g/mol. The zero-order chi connectivity index (χ0) is 13.0. The van der Waals surface area contributed by atoms with Crippen molar-refractivity contribution in [2.75, 3.05) is 13.7 Å². The first-order chi connectivity index (χ1) is 7.97. The van der Waals surface area contributed by atoms with Gasteiger partial charge in [-0.1, -0.05) is 13.8 Å². The van der Waals surface area contributed by atoms with Crippen LogP contribution in [-0.2, 0) is 4.74 Å². The molecule has 0 saturated heterocycles. The van der Waals surface area contributed by atoms with Gasteiger partial charge in [-0.2, -0.15) is 0 Å². The van der Waals surface area contributed by atoms with Crippen molar-refractivity contribution in [3.63, 3.8) is 0 Å². The molecule has 1 aromatic rings. The number of ether oxygens (including phenoxy) is 1. The lowest BCUT2D eigenvalue weighted by Crippen LogP contribution is -2.30. The lowest BCUT2D eigenvalue weighted by atomic mass is 10.0. The zero-order valence-corrected chi connectivity index (χ0v) is 10.2. The topological polar surface area (TPSA) is 68.5 Å². The van der Waals surface area contributed by atoms with Gasteiger partial charge in [0.2, 0.25) is 0 Å². The number of pyridine rings is 1. The molecule has 94 valence electrons. The molecule has 5 nitrogen and oxygen atoms in total. The Morgan fingerprint density at radius 2 is 2.12 bits per heavy atom. The smallest absolute Gasteiger partial charge is 0.337 e. The molecular weight excluding hydrogens is 222 g/mol. The van der Waals surface area contributed by atoms with Crippen LogP contribution in [0.3, 0.4) is 0 Å². The Hall–Kier alpha value is -1.62. The number of hydrogen-bond donors (Lipinski definition) is 1. The summed E-state index contributed by atoms with van der Waals surface area (Å²) in [5.41, 5.74) is -0.114. The summed E-state index contributed by atoms with van der Waals surface area (Å²) in [6.45, 7) is 4.30. The van der Waals surface area contributed by atoms with Crippen LogP contribution in [0.15, 0.2) is 23.1 Å². The number of rotatable bonds is 5. The Labute approximate surface area is 99.6 Å². The standard InChI is InChI=1S/C12H17NO4/c1-8(2)10(7-17-3)13-6-9(12(15)16)4-5-11(13)14/h4-6,8,10H,7H2,1-3H3,(H,15,16). The van der Waals surface area contributed by atoms with Gasteiger partial charge >= 0.3 is 5.97 Å². The quantitative estimate of drug-likeness (QED) is 0.843. The number of carbonyl (C=O) groups is 1. The first-order valence-electron chi connectivity index (χ1n) is 5.41. The molecule has 0 amide bonds. The second kappa shape index (κ2) is 5.63. The first-order valence-corrected chi connectivity index (χ1v) is 5.41. The van der Waals surface area contributed by atoms with E-state index in [9.17, 15) is 9.59 Å². The van der Waals surface area contributed by atoms with E-state index >= 15 is 0 Å². The van der Waals surface area contributed by atoms with Crippen LogP contribution in [0.25, 0.3) is 0 Å². The molecule has 17 heavy (non-hydrogen) atoms. The van der Waals surface area contributed by atoms with Crippen LogP contribution in [-0.4, -0.2) is 29.4 Å². The van der Waals surface area contributed by atoms with Crippen molar-refractivity contribution in [2.45, 2.75) is 19.9 Å². The number of methoxy groups -OCH3 is 1. The molecule has 1 N–H and O–H groups in total. The number of hydrogen-bond acceptors (Lipinski definition) is 3. The van der Waals surface area contributed by atoms with Gasteiger partial charge in [-0.15, -0.1) is 0 Å². The molecule has 0 aliphatic carbocycles. The molecule has 0 aromatic carbocycles. The van der Waals surface area contributed by atoms with E-state index in [1.54, 1.807) is 7.11 Å². The largest absolute Gasteiger partial charge is 0.478 e. The molecule has 1 aromatic heterocycles. The van der Waals surface area contributed by atoms with Gasteiger partial charge in [0.1, 0.15) is 0 Å². The first kappa shape index (κ1) is 13.4. The number of carboxylic acids is 1. The minimum absolute atomic E-state index is 0.103. The molecule has 0 spiro atoms. The molecule has 0 bridgehead atoms. The van der Waals surface area contributed by atoms with E-state index in [-0.39, 0.29) is 23.1 Å². The number of carboxylic acid groups (broad SMARTS) is 1. The van der Waals surface area contributed by atoms with E-state index in [0.717, 1.165) is 0 Å². The fourth-order valence-corrected chi connectivity index (χ4v) is 1.65. The molecule has 0 aliphatic heterocycles. The maximum atomic E-state index is 11.7. The predicted molar refractivity (Wildman–Crippen MR) is 63.4 cm³/mol. The lowest BCUT2D eigenvalue weighted by molar-refractivity contribution is 0.0694. The normalized spacial score (nSPS) is 12.7. The van der Waals surface area contributed by atoms with E-state index < -0.39 is 5.97 Å². The Kier molecular flexibility index (Phi) is 4.45. The fourth-order valence-electron chi connectivity index (χ4n) is 1.65. The number of aromatic carboxylic acids is 1. The monoisotopic (exact) mass is 239 g/mol. The number of nitrogens with zero attached hydrogens (tertiary/aromatic N) is 1. The van der Waals surface area contributed by atoms with Gasteiger partial charge in [0.25, 0.3) is 5.56 Å². The molecule has 1 unspecified atom stereocenters. The Balaban J connectivity index is 3.21. The van der Waals surface area contributed by atoms with Crippen molar-refractivity contribution < 1.29 is 14.6 Å². The highest BCUT2D eigenvalue weighted by molar-refractivity contribution is 5.87. The maximum Gasteiger partial charge on any atom is 0.337 e. The third-order valence-corrected chi connectivity index (χ3v) is 2.65. The van der Waals surface area contributed by atoms with Crippen LogP contribution in [0, 0.1) is 5.92 Å². The van der Waals surface area contributed by atoms with E-state index in [4.69, 9.17) is 9.84 Å². The molecule has 1 atom stereocenters. The summed E-state index contributed by atoms with van der Waals surface area (Å²) in [5, 5.41) is 8.90. The van der Waals surface area contributed by atoms with E-state index in [1.807, 2.05) is 13.8 Å². The van der Waals surface area contributed by atoms with Gasteiger partial charge < -0.3 is 14.4 Å². The summed E-state index contributed by atoms with van der Waals surface area (Å²) in [6.07, 6.45) is 1.37. The Morgan fingerprint density at radius 3 is 2.59 bits per heavy atom. The highest BCUT2D eigenvalue weighted by Crippen LogP contribution is 2.16. The van der Waals surface area contributed by atoms with Crippen LogP contribution in [0.2, 0.25) is 0 Å². The molecule has 0 aliphatic rings. The summed E-state index contributed by atoms with van der Waals surface area (Å²) in [5.74, 6) is -0.865. The Morgan fingerprint density at radius 1 is 1.47 bits per heavy atom. The van der Waals surface area contributed by atoms with Crippen molar-refractivity contribution in [1.29, 1.82) is 0 Å². The number of aromatic nitrogens is 1. The van der Waals surface area contributed by atoms with Crippen LogP contribution in [0.1, 0.15) is 30.2 Å². The van der Waals surface area contributed by atoms with Crippen molar-refractivity contribution in [3.8, 4) is 0 Å². The van der Waals surface area contributed by atoms with Crippen LogP contribution in [0.4, 0.5) is 0 Å². The highest BCUT2D eigenvalue weighted by atomic mass is 16.5. The summed E-state index contributed by atoms with van der Waals surface area (Å²) in [6, 6.07) is 2.42. The third kappa shape index (κ3) is 3.17. The predicted octanol–water partition coefficient (Wildman–Crippen LogP) is 1.39. The van der Waals surface area contributed by atoms with Gasteiger partial charge in [0.05, 0.1) is 18.2 Å². The van der Waals surface area contributed by atoms with Crippen LogP contribution < -0.4 is 5.56 Å². The fraction of sp³-hybridized carbons (Fsp3) is 0.500. The summed E-state index contributed by atoms with van der Waals surface area (Å²) in [7, 11) is 1.56. The van der Waals surface area contributed by atoms with Crippen LogP contribution in [0.5, 0.6) is 0 Å². The second-order valence-electron chi connectivity index (χ2n) is 4.24. The summed E-state index contributed by atoms with van der Waals surface area (Å²) < 4.78 is 6.50. The van der Waals surface area contributed by atoms with Gasteiger partial charge in [0.15, 0.2) is 0 Å². The lowest BCUT2D eigenvalue weighted by Gasteiger charge is -2.22. The van der Waals surface area contributed by atoms with E-state index in [1.165, 1.54) is 22.9 Å². The van der Waals surface area contributed by atoms with Gasteiger partial charge in [0, 0.05) is 19.4 Å². The zero-order valence-electron chi connectivity index (χ0n) is 10.2. The molecule has 0 saturated carbocycles. The molecule has 0 radical (unpaired) electrons. The van der Waals surface area contributed by atoms with E-state index in [2.05, 4.69) is 0 Å². The molecule has 1 rings (SSSR count). The third-order valence-electron chi connectivity index (χ3n) is 2.65. The Bertz CT molecular complexity index is 450. The molecule has 1 heterocycles. The maximum absolute atomic E-state index is 11.7. The summed E-state index contributed by atoms with van der Waals surface area (Å²) in [4.78, 5) is 22.6. The average Bonchev–Trinajstić information content (AvgIpc) is 2.26. The van der Waals surface area contributed by atoms with Crippen molar-refractivity contribution in [3.05, 3.63) is 34.2 Å².